The van der Waals surface area contributed by atoms with Crippen LogP contribution in [0.15, 0.2) is 61.2 Å². The molecule has 0 aliphatic carbocycles. The molecule has 218 valence electrons. The highest BCUT2D eigenvalue weighted by Crippen LogP contribution is 2.60. The van der Waals surface area contributed by atoms with Crippen molar-refractivity contribution in [3.05, 3.63) is 72.3 Å². The molecule has 2 aromatic rings. The quantitative estimate of drug-likeness (QED) is 0.198. The number of carbonyl (C=O) groups excluding carboxylic acids is 3. The average molecular weight is 580 g/mol. The predicted molar refractivity (Wildman–Crippen MR) is 158 cm³/mol. The number of aliphatic hydroxyl groups is 1. The molecule has 8 nitrogen and oxygen atoms in total. The fraction of sp³-hybridized carbons (Fsp3) is 0.452. The summed E-state index contributed by atoms with van der Waals surface area (Å²) in [5.74, 6) is -1.13. The molecule has 2 saturated heterocycles. The highest BCUT2D eigenvalue weighted by Gasteiger charge is 2.67. The number of benzene rings is 2. The largest absolute Gasteiger partial charge is 0.395 e. The van der Waals surface area contributed by atoms with E-state index in [2.05, 4.69) is 6.58 Å². The molecule has 3 amide bonds. The molecule has 0 aromatic heterocycles. The van der Waals surface area contributed by atoms with Crippen molar-refractivity contribution in [2.45, 2.75) is 56.7 Å². The molecule has 4 atom stereocenters. The molecular formula is C31H38FN3O5Si. The van der Waals surface area contributed by atoms with E-state index in [0.717, 1.165) is 5.56 Å². The van der Waals surface area contributed by atoms with Crippen molar-refractivity contribution in [2.75, 3.05) is 36.0 Å². The number of carbonyl (C=O) groups is 3. The summed E-state index contributed by atoms with van der Waals surface area (Å²) in [4.78, 5) is 45.0. The SMILES string of the molecule is C=CCN1C(=O)[C@@]2(O[C@@H](CC(=O)N(CCO)Cc3ccccc3)[C@H]([Si](C)(C)F)[C@H]2C)c2cc(N3CCC3=O)ccc21. The maximum atomic E-state index is 16.1. The number of fused-ring (bicyclic) bond motifs is 2. The van der Waals surface area contributed by atoms with Crippen molar-refractivity contribution in [1.29, 1.82) is 0 Å². The first kappa shape index (κ1) is 29.2. The molecule has 2 fully saturated rings. The lowest BCUT2D eigenvalue weighted by molar-refractivity contribution is -0.149. The molecule has 10 heteroatoms. The zero-order valence-corrected chi connectivity index (χ0v) is 24.9. The average Bonchev–Trinajstić information content (AvgIpc) is 3.34. The van der Waals surface area contributed by atoms with Crippen LogP contribution in [0.25, 0.3) is 0 Å². The minimum absolute atomic E-state index is 0.00713. The summed E-state index contributed by atoms with van der Waals surface area (Å²) >= 11 is 0. The molecule has 2 aromatic carbocycles. The molecule has 3 heterocycles. The molecule has 5 rings (SSSR count). The van der Waals surface area contributed by atoms with Gasteiger partial charge in [-0.3, -0.25) is 14.4 Å². The number of halogens is 1. The fourth-order valence-corrected chi connectivity index (χ4v) is 9.31. The molecule has 41 heavy (non-hydrogen) atoms. The van der Waals surface area contributed by atoms with E-state index in [1.165, 1.54) is 0 Å². The van der Waals surface area contributed by atoms with Gasteiger partial charge in [0.05, 0.1) is 24.8 Å². The topological polar surface area (TPSA) is 90.4 Å². The lowest BCUT2D eigenvalue weighted by Crippen LogP contribution is -2.45. The summed E-state index contributed by atoms with van der Waals surface area (Å²) in [7, 11) is -3.47. The van der Waals surface area contributed by atoms with Crippen LogP contribution in [0.1, 0.15) is 30.9 Å². The first-order valence-electron chi connectivity index (χ1n) is 14.2. The van der Waals surface area contributed by atoms with Crippen LogP contribution in [-0.2, 0) is 31.3 Å². The number of β-lactam (4-membered cyclic amide) rings is 1. The first-order valence-corrected chi connectivity index (χ1v) is 17.2. The molecule has 0 saturated carbocycles. The maximum Gasteiger partial charge on any atom is 0.264 e. The van der Waals surface area contributed by atoms with Crippen LogP contribution in [-0.4, -0.2) is 68.5 Å². The first-order chi connectivity index (χ1) is 19.5. The molecule has 3 aliphatic rings. The van der Waals surface area contributed by atoms with Gasteiger partial charge in [0.2, 0.25) is 20.2 Å². The van der Waals surface area contributed by atoms with Gasteiger partial charge in [-0.2, -0.15) is 0 Å². The number of amides is 3. The number of hydrogen-bond donors (Lipinski definition) is 1. The Morgan fingerprint density at radius 3 is 2.56 bits per heavy atom. The summed E-state index contributed by atoms with van der Waals surface area (Å²) in [6, 6.07) is 14.9. The van der Waals surface area contributed by atoms with Gasteiger partial charge < -0.3 is 28.7 Å². The van der Waals surface area contributed by atoms with Crippen molar-refractivity contribution in [2.24, 2.45) is 5.92 Å². The molecule has 0 bridgehead atoms. The van der Waals surface area contributed by atoms with Crippen molar-refractivity contribution >= 4 is 37.5 Å². The van der Waals surface area contributed by atoms with Gasteiger partial charge in [0.25, 0.3) is 5.91 Å². The smallest absolute Gasteiger partial charge is 0.264 e. The Morgan fingerprint density at radius 1 is 1.24 bits per heavy atom. The normalized spacial score (nSPS) is 25.4. The van der Waals surface area contributed by atoms with E-state index in [0.29, 0.717) is 36.4 Å². The third kappa shape index (κ3) is 5.02. The van der Waals surface area contributed by atoms with E-state index >= 15 is 4.11 Å². The Morgan fingerprint density at radius 2 is 1.98 bits per heavy atom. The number of ether oxygens (including phenoxy) is 1. The van der Waals surface area contributed by atoms with E-state index in [1.54, 1.807) is 33.9 Å². The number of rotatable bonds is 10. The van der Waals surface area contributed by atoms with E-state index in [9.17, 15) is 19.5 Å². The molecule has 1 N–H and O–H groups in total. The Balaban J connectivity index is 1.52. The summed E-state index contributed by atoms with van der Waals surface area (Å²) in [6.45, 7) is 9.92. The minimum atomic E-state index is -3.47. The summed E-state index contributed by atoms with van der Waals surface area (Å²) in [5.41, 5.74) is 0.700. The van der Waals surface area contributed by atoms with Crippen LogP contribution in [0, 0.1) is 5.92 Å². The van der Waals surface area contributed by atoms with Gasteiger partial charge in [0, 0.05) is 55.3 Å². The van der Waals surface area contributed by atoms with Crippen LogP contribution < -0.4 is 9.80 Å². The molecular weight excluding hydrogens is 541 g/mol. The van der Waals surface area contributed by atoms with Crippen LogP contribution >= 0.6 is 0 Å². The second-order valence-corrected chi connectivity index (χ2v) is 15.5. The number of hydrogen-bond acceptors (Lipinski definition) is 5. The molecule has 3 aliphatic heterocycles. The fourth-order valence-electron chi connectivity index (χ4n) is 6.82. The number of anilines is 2. The van der Waals surface area contributed by atoms with Crippen LogP contribution in [0.5, 0.6) is 0 Å². The van der Waals surface area contributed by atoms with E-state index in [1.807, 2.05) is 55.5 Å². The number of nitrogens with zero attached hydrogens (tertiary/aromatic N) is 3. The zero-order valence-electron chi connectivity index (χ0n) is 23.9. The molecule has 1 spiro atoms. The predicted octanol–water partition coefficient (Wildman–Crippen LogP) is 4.14. The molecule has 0 radical (unpaired) electrons. The third-order valence-corrected chi connectivity index (χ3v) is 11.2. The van der Waals surface area contributed by atoms with Gasteiger partial charge in [-0.15, -0.1) is 6.58 Å². The van der Waals surface area contributed by atoms with E-state index < -0.39 is 31.6 Å². The second kappa shape index (κ2) is 11.1. The minimum Gasteiger partial charge on any atom is -0.395 e. The Kier molecular flexibility index (Phi) is 7.93. The Hall–Kier alpha value is -3.34. The zero-order chi connectivity index (χ0) is 29.5. The van der Waals surface area contributed by atoms with Crippen molar-refractivity contribution in [3.8, 4) is 0 Å². The van der Waals surface area contributed by atoms with Crippen LogP contribution in [0.4, 0.5) is 15.5 Å². The standard InChI is InChI=1S/C31H38FN3O5Si/c1-5-14-35-25-12-11-23(34-15-13-27(34)37)18-24(25)31(30(35)39)21(2)29(41(3,4)32)26(40-31)19-28(38)33(16-17-36)20-22-9-7-6-8-10-22/h5-12,18,21,26,29,36H,1,13-17,19-20H2,2-4H3/t21-,26+,29-,31+/m1/s1. The van der Waals surface area contributed by atoms with Crippen molar-refractivity contribution in [1.82, 2.24) is 4.90 Å². The molecule has 0 unspecified atom stereocenters. The monoisotopic (exact) mass is 579 g/mol. The lowest BCUT2D eigenvalue weighted by Gasteiger charge is -2.33. The highest BCUT2D eigenvalue weighted by molar-refractivity contribution is 6.72. The lowest BCUT2D eigenvalue weighted by atomic mass is 9.82. The van der Waals surface area contributed by atoms with Crippen LogP contribution in [0.3, 0.4) is 0 Å². The van der Waals surface area contributed by atoms with Crippen LogP contribution in [0.2, 0.25) is 18.6 Å². The van der Waals surface area contributed by atoms with Gasteiger partial charge in [-0.05, 0) is 36.9 Å². The van der Waals surface area contributed by atoms with Gasteiger partial charge in [-0.25, -0.2) is 0 Å². The number of aliphatic hydroxyl groups excluding tert-OH is 1. The maximum absolute atomic E-state index is 16.1. The van der Waals surface area contributed by atoms with E-state index in [-0.39, 0.29) is 43.8 Å². The van der Waals surface area contributed by atoms with Crippen molar-refractivity contribution in [3.63, 3.8) is 0 Å². The Labute approximate surface area is 241 Å². The third-order valence-electron chi connectivity index (χ3n) is 8.73. The second-order valence-electron chi connectivity index (χ2n) is 11.7. The van der Waals surface area contributed by atoms with Crippen molar-refractivity contribution < 1.29 is 28.3 Å². The van der Waals surface area contributed by atoms with Gasteiger partial charge in [0.15, 0.2) is 5.60 Å². The highest BCUT2D eigenvalue weighted by atomic mass is 28.4. The van der Waals surface area contributed by atoms with Gasteiger partial charge >= 0.3 is 0 Å². The van der Waals surface area contributed by atoms with Gasteiger partial charge in [-0.1, -0.05) is 43.3 Å². The summed E-state index contributed by atoms with van der Waals surface area (Å²) in [5, 5.41) is 9.69. The summed E-state index contributed by atoms with van der Waals surface area (Å²) < 4.78 is 22.8. The Bertz CT molecular complexity index is 1350. The van der Waals surface area contributed by atoms with Gasteiger partial charge in [0.1, 0.15) is 0 Å². The summed E-state index contributed by atoms with van der Waals surface area (Å²) in [6.07, 6.45) is 1.15. The van der Waals surface area contributed by atoms with E-state index in [4.69, 9.17) is 4.74 Å².